The number of fused-ring (bicyclic) bond motifs is 3. The summed E-state index contributed by atoms with van der Waals surface area (Å²) in [5.41, 5.74) is 4.24. The molecule has 0 unspecified atom stereocenters. The van der Waals surface area contributed by atoms with E-state index in [2.05, 4.69) is 32.2 Å². The van der Waals surface area contributed by atoms with E-state index in [4.69, 9.17) is 4.74 Å². The van der Waals surface area contributed by atoms with Crippen LogP contribution in [-0.2, 0) is 17.8 Å². The molecule has 1 saturated heterocycles. The molecule has 1 N–H and O–H groups in total. The van der Waals surface area contributed by atoms with Gasteiger partial charge in [0.2, 0.25) is 5.91 Å². The molecule has 2 aromatic carbocycles. The van der Waals surface area contributed by atoms with Gasteiger partial charge in [0.15, 0.2) is 0 Å². The molecule has 6 nitrogen and oxygen atoms in total. The first-order valence-corrected chi connectivity index (χ1v) is 11.2. The highest BCUT2D eigenvalue weighted by atomic mass is 19.1. The molecule has 3 aromatic rings. The normalized spacial score (nSPS) is 19.5. The summed E-state index contributed by atoms with van der Waals surface area (Å²) in [4.78, 5) is 22.1. The molecule has 2 atom stereocenters. The maximum atomic E-state index is 13.5. The molecular weight excluding hydrogens is 419 g/mol. The Bertz CT molecular complexity index is 1120. The van der Waals surface area contributed by atoms with Gasteiger partial charge in [-0.2, -0.15) is 0 Å². The Morgan fingerprint density at radius 2 is 2.03 bits per heavy atom. The molecule has 0 aliphatic carbocycles. The van der Waals surface area contributed by atoms with Gasteiger partial charge < -0.3 is 19.9 Å². The van der Waals surface area contributed by atoms with E-state index < -0.39 is 0 Å². The minimum atomic E-state index is -0.247. The fourth-order valence-corrected chi connectivity index (χ4v) is 4.91. The van der Waals surface area contributed by atoms with E-state index in [-0.39, 0.29) is 23.7 Å². The van der Waals surface area contributed by atoms with Crippen molar-refractivity contribution in [3.8, 4) is 5.75 Å². The quantitative estimate of drug-likeness (QED) is 0.651. The second kappa shape index (κ2) is 9.10. The summed E-state index contributed by atoms with van der Waals surface area (Å²) in [5, 5.41) is 3.12. The van der Waals surface area contributed by atoms with Gasteiger partial charge in [-0.15, -0.1) is 0 Å². The predicted molar refractivity (Wildman–Crippen MR) is 126 cm³/mol. The third kappa shape index (κ3) is 4.35. The van der Waals surface area contributed by atoms with Crippen LogP contribution < -0.4 is 19.9 Å². The molecule has 7 heteroatoms. The maximum absolute atomic E-state index is 13.5. The molecule has 5 rings (SSSR count). The lowest BCUT2D eigenvalue weighted by molar-refractivity contribution is -0.126. The zero-order valence-corrected chi connectivity index (χ0v) is 18.6. The number of nitrogens with one attached hydrogen (secondary N) is 1. The number of ether oxygens (including phenoxy) is 1. The number of carbonyl (C=O) groups excluding carboxylic acids is 1. The molecule has 0 saturated carbocycles. The van der Waals surface area contributed by atoms with E-state index in [1.807, 2.05) is 30.3 Å². The van der Waals surface area contributed by atoms with E-state index in [1.165, 1.54) is 12.1 Å². The van der Waals surface area contributed by atoms with Gasteiger partial charge in [0, 0.05) is 56.0 Å². The Labute approximate surface area is 193 Å². The molecule has 1 fully saturated rings. The van der Waals surface area contributed by atoms with Crippen molar-refractivity contribution in [3.05, 3.63) is 83.9 Å². The van der Waals surface area contributed by atoms with Crippen LogP contribution in [0.5, 0.6) is 5.75 Å². The molecule has 33 heavy (non-hydrogen) atoms. The van der Waals surface area contributed by atoms with Gasteiger partial charge in [-0.25, -0.2) is 4.39 Å². The predicted octanol–water partition coefficient (Wildman–Crippen LogP) is 3.41. The monoisotopic (exact) mass is 446 g/mol. The largest absolute Gasteiger partial charge is 0.497 e. The highest BCUT2D eigenvalue weighted by Gasteiger charge is 2.41. The second-order valence-electron chi connectivity index (χ2n) is 8.57. The molecular formula is C26H27FN4O2. The number of pyridine rings is 1. The summed E-state index contributed by atoms with van der Waals surface area (Å²) < 4.78 is 18.9. The lowest BCUT2D eigenvalue weighted by atomic mass is 9.83. The number of benzene rings is 2. The minimum absolute atomic E-state index is 0.00249. The number of aromatic nitrogens is 1. The first kappa shape index (κ1) is 21.2. The molecule has 0 radical (unpaired) electrons. The van der Waals surface area contributed by atoms with Crippen LogP contribution >= 0.6 is 0 Å². The number of halogens is 1. The van der Waals surface area contributed by atoms with Crippen LogP contribution in [0.25, 0.3) is 0 Å². The van der Waals surface area contributed by atoms with E-state index in [0.29, 0.717) is 19.5 Å². The summed E-state index contributed by atoms with van der Waals surface area (Å²) in [5.74, 6) is 0.402. The first-order valence-electron chi connectivity index (χ1n) is 11.2. The number of carbonyl (C=O) groups is 1. The van der Waals surface area contributed by atoms with Crippen molar-refractivity contribution in [2.24, 2.45) is 5.92 Å². The summed E-state index contributed by atoms with van der Waals surface area (Å²) in [6, 6.07) is 16.5. The van der Waals surface area contributed by atoms with Gasteiger partial charge in [0.25, 0.3) is 0 Å². The highest BCUT2D eigenvalue weighted by molar-refractivity contribution is 5.82. The smallest absolute Gasteiger partial charge is 0.225 e. The van der Waals surface area contributed by atoms with Gasteiger partial charge in [-0.05, 0) is 53.9 Å². The Morgan fingerprint density at radius 1 is 1.18 bits per heavy atom. The van der Waals surface area contributed by atoms with Crippen LogP contribution in [0.2, 0.25) is 0 Å². The zero-order chi connectivity index (χ0) is 22.8. The van der Waals surface area contributed by atoms with Crippen molar-refractivity contribution in [2.75, 3.05) is 36.5 Å². The van der Waals surface area contributed by atoms with E-state index in [1.54, 1.807) is 19.5 Å². The topological polar surface area (TPSA) is 57.7 Å². The average molecular weight is 447 g/mol. The van der Waals surface area contributed by atoms with Crippen LogP contribution in [0.4, 0.5) is 15.8 Å². The number of nitrogens with zero attached hydrogens (tertiary/aromatic N) is 3. The standard InChI is InChI=1S/C26H27FN4O2/c1-33-22-9-4-19-13-23(26(32)29-16-18-3-2-10-28-15-18)25-17-30(11-12-31(25)24(19)14-22)21-7-5-20(27)6-8-21/h2-10,14-15,23,25H,11-13,16-17H2,1H3,(H,29,32)/t23-,25+/m1/s1. The number of rotatable bonds is 5. The summed E-state index contributed by atoms with van der Waals surface area (Å²) in [6.07, 6.45) is 4.16. The SMILES string of the molecule is COc1ccc2c(c1)N1CCN(c3ccc(F)cc3)C[C@H]1[C@H](C(=O)NCc1cccnc1)C2. The van der Waals surface area contributed by atoms with E-state index in [0.717, 1.165) is 41.3 Å². The third-order valence-corrected chi connectivity index (χ3v) is 6.64. The maximum Gasteiger partial charge on any atom is 0.225 e. The van der Waals surface area contributed by atoms with Crippen molar-refractivity contribution in [2.45, 2.75) is 19.0 Å². The van der Waals surface area contributed by atoms with E-state index >= 15 is 0 Å². The number of methoxy groups -OCH3 is 1. The Balaban J connectivity index is 1.42. The van der Waals surface area contributed by atoms with Gasteiger partial charge in [-0.3, -0.25) is 9.78 Å². The van der Waals surface area contributed by atoms with Crippen molar-refractivity contribution in [1.29, 1.82) is 0 Å². The minimum Gasteiger partial charge on any atom is -0.497 e. The Morgan fingerprint density at radius 3 is 2.79 bits per heavy atom. The summed E-state index contributed by atoms with van der Waals surface area (Å²) >= 11 is 0. The number of amides is 1. The van der Waals surface area contributed by atoms with Crippen LogP contribution in [0.1, 0.15) is 11.1 Å². The van der Waals surface area contributed by atoms with Crippen LogP contribution in [0.3, 0.4) is 0 Å². The lowest BCUT2D eigenvalue weighted by Crippen LogP contribution is -2.61. The number of anilines is 2. The number of hydrogen-bond acceptors (Lipinski definition) is 5. The van der Waals surface area contributed by atoms with Crippen LogP contribution in [0, 0.1) is 11.7 Å². The average Bonchev–Trinajstić information content (AvgIpc) is 2.87. The number of piperazine rings is 1. The Hall–Kier alpha value is -3.61. The molecule has 0 bridgehead atoms. The second-order valence-corrected chi connectivity index (χ2v) is 8.57. The summed E-state index contributed by atoms with van der Waals surface area (Å²) in [7, 11) is 1.67. The fraction of sp³-hybridized carbons (Fsp3) is 0.308. The molecule has 1 amide bonds. The van der Waals surface area contributed by atoms with Crippen LogP contribution in [0.15, 0.2) is 67.0 Å². The highest BCUT2D eigenvalue weighted by Crippen LogP contribution is 2.39. The molecule has 2 aliphatic rings. The lowest BCUT2D eigenvalue weighted by Gasteiger charge is -2.49. The number of hydrogen-bond donors (Lipinski definition) is 1. The molecule has 1 aromatic heterocycles. The van der Waals surface area contributed by atoms with Gasteiger partial charge in [0.05, 0.1) is 19.1 Å². The molecule has 3 heterocycles. The fourth-order valence-electron chi connectivity index (χ4n) is 4.91. The van der Waals surface area contributed by atoms with E-state index in [9.17, 15) is 9.18 Å². The molecule has 170 valence electrons. The molecule has 2 aliphatic heterocycles. The van der Waals surface area contributed by atoms with Gasteiger partial charge in [0.1, 0.15) is 11.6 Å². The summed E-state index contributed by atoms with van der Waals surface area (Å²) in [6.45, 7) is 2.71. The van der Waals surface area contributed by atoms with Crippen LogP contribution in [-0.4, -0.2) is 43.7 Å². The van der Waals surface area contributed by atoms with Gasteiger partial charge >= 0.3 is 0 Å². The van der Waals surface area contributed by atoms with Crippen molar-refractivity contribution in [1.82, 2.24) is 10.3 Å². The molecule has 0 spiro atoms. The van der Waals surface area contributed by atoms with Crippen molar-refractivity contribution >= 4 is 17.3 Å². The first-order chi connectivity index (χ1) is 16.1. The van der Waals surface area contributed by atoms with Crippen molar-refractivity contribution in [3.63, 3.8) is 0 Å². The zero-order valence-electron chi connectivity index (χ0n) is 18.6. The Kier molecular flexibility index (Phi) is 5.86. The van der Waals surface area contributed by atoms with Crippen molar-refractivity contribution < 1.29 is 13.9 Å². The van der Waals surface area contributed by atoms with Gasteiger partial charge in [-0.1, -0.05) is 12.1 Å². The third-order valence-electron chi connectivity index (χ3n) is 6.64.